The van der Waals surface area contributed by atoms with Gasteiger partial charge in [-0.2, -0.15) is 0 Å². The van der Waals surface area contributed by atoms with Crippen LogP contribution in [0.4, 0.5) is 0 Å². The monoisotopic (exact) mass is 384 g/mol. The van der Waals surface area contributed by atoms with Crippen LogP contribution in [-0.2, 0) is 13.1 Å². The van der Waals surface area contributed by atoms with Gasteiger partial charge in [-0.1, -0.05) is 12.1 Å². The summed E-state index contributed by atoms with van der Waals surface area (Å²) in [7, 11) is 0. The quantitative estimate of drug-likeness (QED) is 0.801. The van der Waals surface area contributed by atoms with Crippen LogP contribution in [0, 0.1) is 0 Å². The molecule has 27 heavy (non-hydrogen) atoms. The number of likely N-dealkylation sites (tertiary alicyclic amines) is 2. The number of carboxylic acids is 1. The highest BCUT2D eigenvalue weighted by Crippen LogP contribution is 2.29. The van der Waals surface area contributed by atoms with Gasteiger partial charge < -0.3 is 5.11 Å². The Balaban J connectivity index is 1.36. The molecule has 1 N–H and O–H groups in total. The van der Waals surface area contributed by atoms with Gasteiger partial charge in [-0.25, -0.2) is 4.79 Å². The number of aromatic carboxylic acids is 1. The second-order valence-electron chi connectivity index (χ2n) is 7.91. The Kier molecular flexibility index (Phi) is 5.91. The summed E-state index contributed by atoms with van der Waals surface area (Å²) in [4.78, 5) is 17.8. The zero-order valence-electron chi connectivity index (χ0n) is 15.8. The third-order valence-corrected chi connectivity index (χ3v) is 6.77. The van der Waals surface area contributed by atoms with E-state index in [0.717, 1.165) is 32.6 Å². The standard InChI is InChI=1S/C22H28N2O2S/c25-22(26)19-6-3-5-18(12-19)20-7-4-10-24(14-20)15-21-11-17(16-27-21)13-23-8-1-2-9-23/h3,5-6,11-12,16,20H,1-2,4,7-10,13-15H2,(H,25,26). The van der Waals surface area contributed by atoms with Crippen molar-refractivity contribution < 1.29 is 9.90 Å². The topological polar surface area (TPSA) is 43.8 Å². The van der Waals surface area contributed by atoms with Crippen LogP contribution in [0.25, 0.3) is 0 Å². The minimum atomic E-state index is -0.839. The van der Waals surface area contributed by atoms with Gasteiger partial charge in [-0.05, 0) is 85.9 Å². The predicted octanol–water partition coefficient (Wildman–Crippen LogP) is 4.42. The highest BCUT2D eigenvalue weighted by molar-refractivity contribution is 7.10. The molecule has 2 aliphatic rings. The molecular formula is C22H28N2O2S. The second-order valence-corrected chi connectivity index (χ2v) is 8.91. The van der Waals surface area contributed by atoms with E-state index in [1.54, 1.807) is 6.07 Å². The molecule has 2 aliphatic heterocycles. The molecule has 0 bridgehead atoms. The molecule has 4 nitrogen and oxygen atoms in total. The van der Waals surface area contributed by atoms with Crippen molar-refractivity contribution in [3.05, 3.63) is 57.3 Å². The van der Waals surface area contributed by atoms with Gasteiger partial charge in [0.25, 0.3) is 0 Å². The van der Waals surface area contributed by atoms with E-state index < -0.39 is 5.97 Å². The number of hydrogen-bond donors (Lipinski definition) is 1. The fraction of sp³-hybridized carbons (Fsp3) is 0.500. The lowest BCUT2D eigenvalue weighted by molar-refractivity contribution is 0.0696. The molecule has 0 amide bonds. The van der Waals surface area contributed by atoms with Gasteiger partial charge in [0.15, 0.2) is 0 Å². The third-order valence-electron chi connectivity index (χ3n) is 5.80. The van der Waals surface area contributed by atoms with Gasteiger partial charge >= 0.3 is 5.97 Å². The van der Waals surface area contributed by atoms with Gasteiger partial charge in [0.05, 0.1) is 5.56 Å². The summed E-state index contributed by atoms with van der Waals surface area (Å²) in [6.07, 6.45) is 5.00. The lowest BCUT2D eigenvalue weighted by Gasteiger charge is -2.32. The van der Waals surface area contributed by atoms with Crippen LogP contribution in [-0.4, -0.2) is 47.1 Å². The predicted molar refractivity (Wildman–Crippen MR) is 109 cm³/mol. The van der Waals surface area contributed by atoms with Crippen molar-refractivity contribution in [1.29, 1.82) is 0 Å². The Morgan fingerprint density at radius 3 is 2.70 bits per heavy atom. The molecule has 0 radical (unpaired) electrons. The minimum Gasteiger partial charge on any atom is -0.478 e. The van der Waals surface area contributed by atoms with Gasteiger partial charge in [0.1, 0.15) is 0 Å². The normalized spacial score (nSPS) is 21.6. The molecular weight excluding hydrogens is 356 g/mol. The summed E-state index contributed by atoms with van der Waals surface area (Å²) >= 11 is 1.88. The summed E-state index contributed by atoms with van der Waals surface area (Å²) < 4.78 is 0. The Morgan fingerprint density at radius 1 is 1.07 bits per heavy atom. The third kappa shape index (κ3) is 4.78. The molecule has 1 atom stereocenters. The zero-order valence-corrected chi connectivity index (χ0v) is 16.6. The molecule has 1 aromatic heterocycles. The van der Waals surface area contributed by atoms with Crippen molar-refractivity contribution in [2.45, 2.75) is 44.7 Å². The van der Waals surface area contributed by atoms with E-state index in [0.29, 0.717) is 11.5 Å². The van der Waals surface area contributed by atoms with Crippen LogP contribution in [0.3, 0.4) is 0 Å². The summed E-state index contributed by atoms with van der Waals surface area (Å²) in [5.74, 6) is -0.407. The average molecular weight is 385 g/mol. The number of benzene rings is 1. The zero-order chi connectivity index (χ0) is 18.6. The molecule has 0 saturated carbocycles. The molecule has 5 heteroatoms. The number of rotatable bonds is 6. The van der Waals surface area contributed by atoms with E-state index in [1.165, 1.54) is 48.4 Å². The van der Waals surface area contributed by atoms with Gasteiger partial charge in [-0.3, -0.25) is 9.80 Å². The van der Waals surface area contributed by atoms with Crippen LogP contribution in [0.2, 0.25) is 0 Å². The van der Waals surface area contributed by atoms with Crippen molar-refractivity contribution in [3.8, 4) is 0 Å². The summed E-state index contributed by atoms with van der Waals surface area (Å²) in [6, 6.07) is 9.88. The number of carbonyl (C=O) groups is 1. The highest BCUT2D eigenvalue weighted by atomic mass is 32.1. The van der Waals surface area contributed by atoms with E-state index in [-0.39, 0.29) is 0 Å². The number of nitrogens with zero attached hydrogens (tertiary/aromatic N) is 2. The van der Waals surface area contributed by atoms with E-state index in [9.17, 15) is 9.90 Å². The summed E-state index contributed by atoms with van der Waals surface area (Å²) in [5, 5.41) is 11.6. The number of carboxylic acid groups (broad SMARTS) is 1. The van der Waals surface area contributed by atoms with Crippen molar-refractivity contribution in [1.82, 2.24) is 9.80 Å². The Labute approximate surface area is 165 Å². The van der Waals surface area contributed by atoms with Crippen LogP contribution in [0.5, 0.6) is 0 Å². The molecule has 1 unspecified atom stereocenters. The first-order valence-electron chi connectivity index (χ1n) is 10.0. The maximum Gasteiger partial charge on any atom is 0.335 e. The first-order chi connectivity index (χ1) is 13.2. The minimum absolute atomic E-state index is 0.398. The fourth-order valence-electron chi connectivity index (χ4n) is 4.41. The first-order valence-corrected chi connectivity index (χ1v) is 10.9. The summed E-state index contributed by atoms with van der Waals surface area (Å²) in [6.45, 7) is 6.75. The molecule has 0 spiro atoms. The van der Waals surface area contributed by atoms with Crippen molar-refractivity contribution in [2.75, 3.05) is 26.2 Å². The molecule has 1 aromatic carbocycles. The molecule has 4 rings (SSSR count). The number of hydrogen-bond acceptors (Lipinski definition) is 4. The number of piperidine rings is 1. The van der Waals surface area contributed by atoms with Gasteiger partial charge in [0.2, 0.25) is 0 Å². The second kappa shape index (κ2) is 8.55. The Hall–Kier alpha value is -1.69. The molecule has 2 saturated heterocycles. The SMILES string of the molecule is O=C(O)c1cccc(C2CCCN(Cc3cc(CN4CCCC4)cs3)C2)c1. The largest absolute Gasteiger partial charge is 0.478 e. The van der Waals surface area contributed by atoms with Crippen LogP contribution >= 0.6 is 11.3 Å². The van der Waals surface area contributed by atoms with E-state index >= 15 is 0 Å². The van der Waals surface area contributed by atoms with Crippen molar-refractivity contribution in [2.24, 2.45) is 0 Å². The van der Waals surface area contributed by atoms with E-state index in [4.69, 9.17) is 0 Å². The molecule has 0 aliphatic carbocycles. The van der Waals surface area contributed by atoms with Crippen molar-refractivity contribution >= 4 is 17.3 Å². The maximum absolute atomic E-state index is 11.3. The van der Waals surface area contributed by atoms with Crippen LogP contribution in [0.15, 0.2) is 35.7 Å². The van der Waals surface area contributed by atoms with E-state index in [1.807, 2.05) is 23.5 Å². The maximum atomic E-state index is 11.3. The Morgan fingerprint density at radius 2 is 1.89 bits per heavy atom. The molecule has 144 valence electrons. The summed E-state index contributed by atoms with van der Waals surface area (Å²) in [5.41, 5.74) is 3.02. The van der Waals surface area contributed by atoms with E-state index in [2.05, 4.69) is 27.3 Å². The highest BCUT2D eigenvalue weighted by Gasteiger charge is 2.22. The molecule has 3 heterocycles. The lowest BCUT2D eigenvalue weighted by Crippen LogP contribution is -2.33. The van der Waals surface area contributed by atoms with Gasteiger partial charge in [-0.15, -0.1) is 11.3 Å². The smallest absolute Gasteiger partial charge is 0.335 e. The molecule has 2 fully saturated rings. The number of thiophene rings is 1. The first kappa shape index (κ1) is 18.7. The lowest BCUT2D eigenvalue weighted by atomic mass is 9.89. The Bertz CT molecular complexity index is 782. The fourth-order valence-corrected chi connectivity index (χ4v) is 5.33. The van der Waals surface area contributed by atoms with Crippen LogP contribution < -0.4 is 0 Å². The van der Waals surface area contributed by atoms with Crippen LogP contribution in [0.1, 0.15) is 58.0 Å². The van der Waals surface area contributed by atoms with Gasteiger partial charge in [0, 0.05) is 24.5 Å². The molecule has 2 aromatic rings. The average Bonchev–Trinajstić information content (AvgIpc) is 3.35. The van der Waals surface area contributed by atoms with Crippen molar-refractivity contribution in [3.63, 3.8) is 0 Å².